The molecule has 7 nitrogen and oxygen atoms in total. The SMILES string of the molecule is CN1C(C)(C)CC(OC(=O)CCC2(NC3(CCC(=O)OC4CC(C)(C)N(C)C(C)(C)C4)CCCCC3)CCCCC2)CC1(C)C. The molecule has 0 spiro atoms. The van der Waals surface area contributed by atoms with E-state index in [4.69, 9.17) is 9.47 Å². The molecule has 4 aliphatic rings. The molecule has 2 saturated carbocycles. The van der Waals surface area contributed by atoms with E-state index in [0.717, 1.165) is 64.2 Å². The van der Waals surface area contributed by atoms with Crippen molar-refractivity contribution in [3.63, 3.8) is 0 Å². The third kappa shape index (κ3) is 9.04. The van der Waals surface area contributed by atoms with Crippen molar-refractivity contribution < 1.29 is 19.1 Å². The van der Waals surface area contributed by atoms with Crippen molar-refractivity contribution >= 4 is 11.9 Å². The maximum atomic E-state index is 13.4. The van der Waals surface area contributed by atoms with Gasteiger partial charge in [0.25, 0.3) is 0 Å². The lowest BCUT2D eigenvalue weighted by Gasteiger charge is -2.53. The minimum atomic E-state index is -0.0636. The van der Waals surface area contributed by atoms with Crippen molar-refractivity contribution in [1.29, 1.82) is 0 Å². The van der Waals surface area contributed by atoms with Crippen molar-refractivity contribution in [3.05, 3.63) is 0 Å². The van der Waals surface area contributed by atoms with Crippen LogP contribution < -0.4 is 5.32 Å². The van der Waals surface area contributed by atoms with E-state index in [-0.39, 0.29) is 57.4 Å². The van der Waals surface area contributed by atoms with E-state index in [9.17, 15) is 9.59 Å². The quantitative estimate of drug-likeness (QED) is 0.246. The first kappa shape index (κ1) is 36.7. The van der Waals surface area contributed by atoms with Gasteiger partial charge in [0.2, 0.25) is 0 Å². The summed E-state index contributed by atoms with van der Waals surface area (Å²) in [5.74, 6) is -0.0960. The topological polar surface area (TPSA) is 71.1 Å². The van der Waals surface area contributed by atoms with E-state index in [1.165, 1.54) is 38.5 Å². The van der Waals surface area contributed by atoms with E-state index >= 15 is 0 Å². The van der Waals surface area contributed by atoms with Crippen LogP contribution in [-0.4, -0.2) is 81.3 Å². The van der Waals surface area contributed by atoms with Crippen LogP contribution >= 0.6 is 0 Å². The molecule has 1 N–H and O–H groups in total. The molecule has 260 valence electrons. The summed E-state index contributed by atoms with van der Waals surface area (Å²) in [4.78, 5) is 31.6. The largest absolute Gasteiger partial charge is 0.462 e. The Balaban J connectivity index is 1.38. The second-order valence-corrected chi connectivity index (χ2v) is 18.2. The molecular formula is C38H69N3O4. The maximum absolute atomic E-state index is 13.4. The molecule has 2 aliphatic heterocycles. The number of carbonyl (C=O) groups excluding carboxylic acids is 2. The van der Waals surface area contributed by atoms with Gasteiger partial charge in [0.15, 0.2) is 0 Å². The predicted octanol–water partition coefficient (Wildman–Crippen LogP) is 7.93. The minimum absolute atomic E-state index is 0.00684. The summed E-state index contributed by atoms with van der Waals surface area (Å²) in [6.45, 7) is 18.0. The lowest BCUT2D eigenvalue weighted by Crippen LogP contribution is -2.61. The number of carbonyl (C=O) groups is 2. The molecule has 0 atom stereocenters. The molecular weight excluding hydrogens is 562 g/mol. The zero-order valence-electron chi connectivity index (χ0n) is 30.9. The van der Waals surface area contributed by atoms with Crippen LogP contribution in [0.5, 0.6) is 0 Å². The first-order chi connectivity index (χ1) is 20.8. The van der Waals surface area contributed by atoms with Crippen LogP contribution in [0.15, 0.2) is 0 Å². The number of nitrogens with zero attached hydrogens (tertiary/aromatic N) is 2. The predicted molar refractivity (Wildman–Crippen MR) is 183 cm³/mol. The van der Waals surface area contributed by atoms with Gasteiger partial charge in [-0.3, -0.25) is 19.4 Å². The molecule has 4 fully saturated rings. The van der Waals surface area contributed by atoms with Crippen molar-refractivity contribution in [3.8, 4) is 0 Å². The van der Waals surface area contributed by atoms with Gasteiger partial charge in [-0.15, -0.1) is 0 Å². The highest BCUT2D eigenvalue weighted by Gasteiger charge is 2.47. The van der Waals surface area contributed by atoms with Gasteiger partial charge in [0.1, 0.15) is 12.2 Å². The fraction of sp³-hybridized carbons (Fsp3) is 0.947. The fourth-order valence-electron chi connectivity index (χ4n) is 9.79. The molecule has 2 heterocycles. The van der Waals surface area contributed by atoms with Crippen molar-refractivity contribution in [2.24, 2.45) is 0 Å². The zero-order valence-corrected chi connectivity index (χ0v) is 30.9. The third-order valence-corrected chi connectivity index (χ3v) is 12.9. The van der Waals surface area contributed by atoms with Gasteiger partial charge in [-0.2, -0.15) is 0 Å². The summed E-state index contributed by atoms with van der Waals surface area (Å²) in [5.41, 5.74) is -0.155. The zero-order chi connectivity index (χ0) is 33.3. The van der Waals surface area contributed by atoms with E-state index in [0.29, 0.717) is 12.8 Å². The third-order valence-electron chi connectivity index (χ3n) is 12.9. The lowest BCUT2D eigenvalue weighted by atomic mass is 9.72. The number of piperidine rings is 2. The van der Waals surface area contributed by atoms with Gasteiger partial charge in [0, 0.05) is 71.8 Å². The Kier molecular flexibility index (Phi) is 11.2. The van der Waals surface area contributed by atoms with E-state index in [2.05, 4.69) is 84.6 Å². The number of esters is 2. The highest BCUT2D eigenvalue weighted by molar-refractivity contribution is 5.70. The van der Waals surface area contributed by atoms with Gasteiger partial charge >= 0.3 is 11.9 Å². The summed E-state index contributed by atoms with van der Waals surface area (Å²) in [6.07, 6.45) is 17.6. The highest BCUT2D eigenvalue weighted by Crippen LogP contribution is 2.42. The monoisotopic (exact) mass is 632 g/mol. The Morgan fingerprint density at radius 2 is 0.844 bits per heavy atom. The Morgan fingerprint density at radius 3 is 1.13 bits per heavy atom. The average molecular weight is 632 g/mol. The summed E-state index contributed by atoms with van der Waals surface area (Å²) in [7, 11) is 4.38. The lowest BCUT2D eigenvalue weighted by molar-refractivity contribution is -0.160. The molecule has 0 aromatic heterocycles. The number of hydrogen-bond acceptors (Lipinski definition) is 7. The van der Waals surface area contributed by atoms with Crippen LogP contribution in [-0.2, 0) is 19.1 Å². The fourth-order valence-corrected chi connectivity index (χ4v) is 9.79. The first-order valence-electron chi connectivity index (χ1n) is 18.5. The van der Waals surface area contributed by atoms with Gasteiger partial charge < -0.3 is 14.8 Å². The Morgan fingerprint density at radius 1 is 0.556 bits per heavy atom. The summed E-state index contributed by atoms with van der Waals surface area (Å²) < 4.78 is 12.4. The minimum Gasteiger partial charge on any atom is -0.462 e. The number of likely N-dealkylation sites (tertiary alicyclic amines) is 2. The molecule has 0 bridgehead atoms. The van der Waals surface area contributed by atoms with Crippen molar-refractivity contribution in [2.45, 2.75) is 216 Å². The number of nitrogens with one attached hydrogen (secondary N) is 1. The highest BCUT2D eigenvalue weighted by atomic mass is 16.5. The number of ether oxygens (including phenoxy) is 2. The average Bonchev–Trinajstić information content (AvgIpc) is 2.93. The molecule has 0 aromatic carbocycles. The van der Waals surface area contributed by atoms with Crippen molar-refractivity contribution in [1.82, 2.24) is 15.1 Å². The standard InChI is InChI=1S/C38H69N3O4/c1-33(2)25-29(26-34(3,4)40(33)9)44-31(42)17-23-37(19-13-11-14-20-37)39-38(21-15-12-16-22-38)24-18-32(43)45-30-27-35(5,6)41(10)36(7,8)28-30/h29-30,39H,11-28H2,1-10H3. The van der Waals surface area contributed by atoms with Gasteiger partial charge in [-0.25, -0.2) is 0 Å². The molecule has 2 aliphatic carbocycles. The molecule has 0 unspecified atom stereocenters. The number of hydrogen-bond donors (Lipinski definition) is 1. The summed E-state index contributed by atoms with van der Waals surface area (Å²) in [5, 5.41) is 4.24. The van der Waals surface area contributed by atoms with Crippen LogP contribution in [0, 0.1) is 0 Å². The summed E-state index contributed by atoms with van der Waals surface area (Å²) >= 11 is 0. The van der Waals surface area contributed by atoms with Crippen LogP contribution in [0.1, 0.15) is 171 Å². The second-order valence-electron chi connectivity index (χ2n) is 18.2. The molecule has 7 heteroatoms. The van der Waals surface area contributed by atoms with Gasteiger partial charge in [-0.05, 0) is 108 Å². The Bertz CT molecular complexity index is 906. The van der Waals surface area contributed by atoms with E-state index in [1.807, 2.05) is 0 Å². The van der Waals surface area contributed by atoms with E-state index < -0.39 is 0 Å². The Labute approximate surface area is 276 Å². The molecule has 4 rings (SSSR count). The first-order valence-corrected chi connectivity index (χ1v) is 18.5. The maximum Gasteiger partial charge on any atom is 0.306 e. The smallest absolute Gasteiger partial charge is 0.306 e. The molecule has 0 radical (unpaired) electrons. The molecule has 2 saturated heterocycles. The van der Waals surface area contributed by atoms with Crippen LogP contribution in [0.4, 0.5) is 0 Å². The normalized spacial score (nSPS) is 28.3. The number of rotatable bonds is 10. The van der Waals surface area contributed by atoms with Gasteiger partial charge in [0.05, 0.1) is 0 Å². The second kappa shape index (κ2) is 13.7. The molecule has 0 aromatic rings. The van der Waals surface area contributed by atoms with Crippen molar-refractivity contribution in [2.75, 3.05) is 14.1 Å². The van der Waals surface area contributed by atoms with Crippen LogP contribution in [0.2, 0.25) is 0 Å². The van der Waals surface area contributed by atoms with E-state index in [1.54, 1.807) is 0 Å². The summed E-state index contributed by atoms with van der Waals surface area (Å²) in [6, 6.07) is 0. The molecule has 0 amide bonds. The van der Waals surface area contributed by atoms with Gasteiger partial charge in [-0.1, -0.05) is 38.5 Å². The van der Waals surface area contributed by atoms with Crippen LogP contribution in [0.25, 0.3) is 0 Å². The van der Waals surface area contributed by atoms with Crippen LogP contribution in [0.3, 0.4) is 0 Å². The Hall–Kier alpha value is -1.18. The molecule has 45 heavy (non-hydrogen) atoms.